The zero-order valence-electron chi connectivity index (χ0n) is 23.2. The van der Waals surface area contributed by atoms with Gasteiger partial charge in [0.1, 0.15) is 12.7 Å². The molecule has 0 aliphatic rings. The maximum absolute atomic E-state index is 12.3. The molecule has 5 nitrogen and oxygen atoms in total. The fraction of sp³-hybridized carbons (Fsp3) is 0.800. The van der Waals surface area contributed by atoms with Crippen LogP contribution in [0.5, 0.6) is 0 Å². The predicted molar refractivity (Wildman–Crippen MR) is 145 cm³/mol. The Morgan fingerprint density at radius 3 is 1.97 bits per heavy atom. The number of hydrogen-bond donors (Lipinski definition) is 1. The van der Waals surface area contributed by atoms with Crippen molar-refractivity contribution < 1.29 is 24.2 Å². The summed E-state index contributed by atoms with van der Waals surface area (Å²) in [5.41, 5.74) is 0.297. The maximum Gasteiger partial charge on any atom is 0.333 e. The Labute approximate surface area is 215 Å². The summed E-state index contributed by atoms with van der Waals surface area (Å²) in [5.74, 6) is -0.727. The first-order valence-corrected chi connectivity index (χ1v) is 14.2. The van der Waals surface area contributed by atoms with Crippen molar-refractivity contribution in [3.63, 3.8) is 0 Å². The monoisotopic (exact) mass is 494 g/mol. The highest BCUT2D eigenvalue weighted by atomic mass is 16.6. The van der Waals surface area contributed by atoms with Gasteiger partial charge in [-0.2, -0.15) is 0 Å². The minimum atomic E-state index is -0.641. The Balaban J connectivity index is 3.99. The van der Waals surface area contributed by atoms with Crippen LogP contribution in [-0.4, -0.2) is 35.9 Å². The number of ether oxygens (including phenoxy) is 2. The van der Waals surface area contributed by atoms with E-state index in [0.717, 1.165) is 32.1 Å². The molecule has 0 saturated heterocycles. The zero-order valence-corrected chi connectivity index (χ0v) is 23.2. The smallest absolute Gasteiger partial charge is 0.333 e. The third-order valence-corrected chi connectivity index (χ3v) is 6.49. The van der Waals surface area contributed by atoms with Crippen LogP contribution < -0.4 is 0 Å². The molecule has 35 heavy (non-hydrogen) atoms. The molecule has 0 aliphatic carbocycles. The largest absolute Gasteiger partial charge is 0.459 e. The van der Waals surface area contributed by atoms with Gasteiger partial charge < -0.3 is 14.6 Å². The SMILES string of the molecule is C=C(C)C(=O)OCC(CC(O)C(C)CC)OC(=O)CCCCCCC/C=C\CCCCCCCC. The first-order valence-electron chi connectivity index (χ1n) is 14.2. The van der Waals surface area contributed by atoms with E-state index in [1.54, 1.807) is 6.92 Å². The van der Waals surface area contributed by atoms with Gasteiger partial charge in [0.05, 0.1) is 6.10 Å². The van der Waals surface area contributed by atoms with E-state index in [0.29, 0.717) is 12.0 Å². The number of carbonyl (C=O) groups excluding carboxylic acids is 2. The summed E-state index contributed by atoms with van der Waals surface area (Å²) in [6, 6.07) is 0. The lowest BCUT2D eigenvalue weighted by atomic mass is 9.97. The van der Waals surface area contributed by atoms with Crippen molar-refractivity contribution in [3.8, 4) is 0 Å². The second-order valence-electron chi connectivity index (χ2n) is 10.0. The summed E-state index contributed by atoms with van der Waals surface area (Å²) in [6.45, 7) is 11.3. The van der Waals surface area contributed by atoms with Gasteiger partial charge in [0.2, 0.25) is 0 Å². The zero-order chi connectivity index (χ0) is 26.3. The number of esters is 2. The summed E-state index contributed by atoms with van der Waals surface area (Å²) in [7, 11) is 0. The van der Waals surface area contributed by atoms with Crippen molar-refractivity contribution in [3.05, 3.63) is 24.3 Å². The van der Waals surface area contributed by atoms with Crippen LogP contribution in [-0.2, 0) is 19.1 Å². The number of carbonyl (C=O) groups is 2. The minimum absolute atomic E-state index is 0.0582. The third-order valence-electron chi connectivity index (χ3n) is 6.49. The summed E-state index contributed by atoms with van der Waals surface area (Å²) >= 11 is 0. The van der Waals surface area contributed by atoms with Crippen LogP contribution in [0.15, 0.2) is 24.3 Å². The molecule has 204 valence electrons. The molecule has 0 bridgehead atoms. The summed E-state index contributed by atoms with van der Waals surface area (Å²) < 4.78 is 10.7. The molecule has 0 aromatic rings. The van der Waals surface area contributed by atoms with Crippen LogP contribution in [0.1, 0.15) is 130 Å². The lowest BCUT2D eigenvalue weighted by molar-refractivity contribution is -0.159. The molecule has 0 aromatic heterocycles. The van der Waals surface area contributed by atoms with Gasteiger partial charge in [-0.3, -0.25) is 4.79 Å². The number of aliphatic hydroxyl groups excluding tert-OH is 1. The van der Waals surface area contributed by atoms with E-state index in [4.69, 9.17) is 9.47 Å². The highest BCUT2D eigenvalue weighted by Gasteiger charge is 2.23. The van der Waals surface area contributed by atoms with Crippen molar-refractivity contribution in [2.45, 2.75) is 143 Å². The maximum atomic E-state index is 12.3. The van der Waals surface area contributed by atoms with Crippen molar-refractivity contribution in [2.75, 3.05) is 6.61 Å². The molecule has 0 saturated carbocycles. The van der Waals surface area contributed by atoms with Crippen LogP contribution in [0.3, 0.4) is 0 Å². The quantitative estimate of drug-likeness (QED) is 0.0677. The normalized spacial score (nSPS) is 14.0. The highest BCUT2D eigenvalue weighted by molar-refractivity contribution is 5.86. The predicted octanol–water partition coefficient (Wildman–Crippen LogP) is 7.85. The molecule has 0 spiro atoms. The van der Waals surface area contributed by atoms with Gasteiger partial charge in [-0.15, -0.1) is 0 Å². The van der Waals surface area contributed by atoms with Crippen LogP contribution >= 0.6 is 0 Å². The van der Waals surface area contributed by atoms with E-state index in [9.17, 15) is 14.7 Å². The Bertz CT molecular complexity index is 583. The summed E-state index contributed by atoms with van der Waals surface area (Å²) in [6.07, 6.45) is 20.5. The van der Waals surface area contributed by atoms with Gasteiger partial charge in [0.25, 0.3) is 0 Å². The molecule has 0 radical (unpaired) electrons. The fourth-order valence-corrected chi connectivity index (χ4v) is 3.80. The molecule has 0 aromatic carbocycles. The number of hydrogen-bond acceptors (Lipinski definition) is 5. The number of aliphatic hydroxyl groups is 1. The Hall–Kier alpha value is -1.62. The van der Waals surface area contributed by atoms with Crippen molar-refractivity contribution in [1.82, 2.24) is 0 Å². The number of allylic oxidation sites excluding steroid dienone is 2. The first-order chi connectivity index (χ1) is 16.8. The van der Waals surface area contributed by atoms with Gasteiger partial charge in [-0.05, 0) is 44.9 Å². The molecule has 0 heterocycles. The number of rotatable bonds is 23. The molecular formula is C30H54O5. The second kappa shape index (κ2) is 22.8. The Morgan fingerprint density at radius 1 is 0.886 bits per heavy atom. The van der Waals surface area contributed by atoms with Crippen molar-refractivity contribution in [2.24, 2.45) is 5.92 Å². The third kappa shape index (κ3) is 20.3. The van der Waals surface area contributed by atoms with Crippen molar-refractivity contribution in [1.29, 1.82) is 0 Å². The van der Waals surface area contributed by atoms with E-state index in [1.165, 1.54) is 57.8 Å². The molecule has 3 atom stereocenters. The number of unbranched alkanes of at least 4 members (excludes halogenated alkanes) is 11. The molecule has 0 fully saturated rings. The van der Waals surface area contributed by atoms with Crippen molar-refractivity contribution >= 4 is 11.9 Å². The average Bonchev–Trinajstić information content (AvgIpc) is 2.83. The topological polar surface area (TPSA) is 72.8 Å². The molecule has 1 N–H and O–H groups in total. The van der Waals surface area contributed by atoms with Crippen LogP contribution in [0.4, 0.5) is 0 Å². The van der Waals surface area contributed by atoms with Gasteiger partial charge in [0.15, 0.2) is 0 Å². The van der Waals surface area contributed by atoms with Gasteiger partial charge in [0, 0.05) is 18.4 Å². The van der Waals surface area contributed by atoms with E-state index in [2.05, 4.69) is 25.7 Å². The first kappa shape index (κ1) is 33.4. The fourth-order valence-electron chi connectivity index (χ4n) is 3.80. The molecule has 5 heteroatoms. The van der Waals surface area contributed by atoms with E-state index < -0.39 is 18.2 Å². The van der Waals surface area contributed by atoms with Gasteiger partial charge in [-0.1, -0.05) is 97.3 Å². The van der Waals surface area contributed by atoms with Crippen LogP contribution in [0.25, 0.3) is 0 Å². The molecular weight excluding hydrogens is 440 g/mol. The molecule has 0 aliphatic heterocycles. The molecule has 0 rings (SSSR count). The second-order valence-corrected chi connectivity index (χ2v) is 10.0. The summed E-state index contributed by atoms with van der Waals surface area (Å²) in [4.78, 5) is 24.0. The minimum Gasteiger partial charge on any atom is -0.459 e. The van der Waals surface area contributed by atoms with Gasteiger partial charge in [-0.25, -0.2) is 4.79 Å². The van der Waals surface area contributed by atoms with E-state index in [1.807, 2.05) is 13.8 Å². The Morgan fingerprint density at radius 2 is 1.43 bits per heavy atom. The highest BCUT2D eigenvalue weighted by Crippen LogP contribution is 2.17. The van der Waals surface area contributed by atoms with E-state index in [-0.39, 0.29) is 24.9 Å². The van der Waals surface area contributed by atoms with Crippen LogP contribution in [0.2, 0.25) is 0 Å². The Kier molecular flexibility index (Phi) is 21.8. The van der Waals surface area contributed by atoms with Crippen LogP contribution in [0, 0.1) is 5.92 Å². The molecule has 0 amide bonds. The summed E-state index contributed by atoms with van der Waals surface area (Å²) in [5, 5.41) is 10.3. The average molecular weight is 495 g/mol. The standard InChI is InChI=1S/C30H54O5/c1-6-8-9-10-11-12-13-14-15-16-17-18-19-20-21-22-29(32)35-27(23-28(31)26(5)7-2)24-34-30(33)25(3)4/h14-15,26-28,31H,3,6-13,16-24H2,1-2,4-5H3/b15-14-. The van der Waals surface area contributed by atoms with Gasteiger partial charge >= 0.3 is 11.9 Å². The lowest BCUT2D eigenvalue weighted by Crippen LogP contribution is -2.31. The molecule has 3 unspecified atom stereocenters. The van der Waals surface area contributed by atoms with E-state index >= 15 is 0 Å². The lowest BCUT2D eigenvalue weighted by Gasteiger charge is -2.24.